The Kier molecular flexibility index (Phi) is 7.56. The molecule has 1 aliphatic heterocycles. The molecule has 2 aliphatic rings. The first-order valence-corrected chi connectivity index (χ1v) is 14.4. The van der Waals surface area contributed by atoms with Gasteiger partial charge in [-0.1, -0.05) is 67.4 Å². The highest BCUT2D eigenvalue weighted by molar-refractivity contribution is 9.10. The fraction of sp³-hybridized carbons (Fsp3) is 0.273. The SMILES string of the molecule is Cc1cc(COc2ccccc2Cl)c(C)c(C2C(C#N)=C(N)N(c3ccccc3Br)C3=C2C(=O)CC(C)(C)C3)c1. The molecule has 0 bridgehead atoms. The van der Waals surface area contributed by atoms with Crippen molar-refractivity contribution in [1.82, 2.24) is 0 Å². The summed E-state index contributed by atoms with van der Waals surface area (Å²) in [5.41, 5.74) is 13.1. The molecule has 0 amide bonds. The lowest BCUT2D eigenvalue weighted by molar-refractivity contribution is -0.118. The number of Topliss-reactive ketones (excluding diaryl/α,β-unsaturated/α-hetero) is 1. The van der Waals surface area contributed by atoms with Gasteiger partial charge in [-0.25, -0.2) is 0 Å². The number of hydrogen-bond donors (Lipinski definition) is 1. The molecule has 1 aliphatic carbocycles. The van der Waals surface area contributed by atoms with E-state index in [1.165, 1.54) is 0 Å². The number of hydrogen-bond acceptors (Lipinski definition) is 5. The number of nitrogens with two attached hydrogens (primary N) is 1. The fourth-order valence-electron chi connectivity index (χ4n) is 5.86. The Morgan fingerprint density at radius 3 is 2.52 bits per heavy atom. The number of carbonyl (C=O) groups excluding carboxylic acids is 1. The molecule has 40 heavy (non-hydrogen) atoms. The number of allylic oxidation sites excluding steroid dienone is 3. The molecular formula is C33H31BrClN3O2. The van der Waals surface area contributed by atoms with Crippen molar-refractivity contribution in [2.24, 2.45) is 11.1 Å². The predicted molar refractivity (Wildman–Crippen MR) is 163 cm³/mol. The van der Waals surface area contributed by atoms with E-state index in [0.29, 0.717) is 47.2 Å². The van der Waals surface area contributed by atoms with Crippen molar-refractivity contribution in [3.63, 3.8) is 0 Å². The van der Waals surface area contributed by atoms with Crippen LogP contribution in [0.4, 0.5) is 5.69 Å². The zero-order valence-corrected chi connectivity index (χ0v) is 25.4. The second-order valence-electron chi connectivity index (χ2n) is 11.3. The Balaban J connectivity index is 1.69. The number of carbonyl (C=O) groups is 1. The lowest BCUT2D eigenvalue weighted by Gasteiger charge is -2.44. The van der Waals surface area contributed by atoms with Gasteiger partial charge < -0.3 is 10.5 Å². The lowest BCUT2D eigenvalue weighted by atomic mass is 9.68. The molecule has 5 rings (SSSR count). The summed E-state index contributed by atoms with van der Waals surface area (Å²) >= 11 is 9.99. The molecule has 1 atom stereocenters. The van der Waals surface area contributed by atoms with E-state index >= 15 is 0 Å². The van der Waals surface area contributed by atoms with Crippen molar-refractivity contribution in [3.8, 4) is 11.8 Å². The van der Waals surface area contributed by atoms with Gasteiger partial charge in [0.2, 0.25) is 0 Å². The summed E-state index contributed by atoms with van der Waals surface area (Å²) in [7, 11) is 0. The molecule has 0 saturated carbocycles. The molecule has 0 fully saturated rings. The van der Waals surface area contributed by atoms with Crippen molar-refractivity contribution in [2.75, 3.05) is 4.90 Å². The van der Waals surface area contributed by atoms with Crippen LogP contribution in [-0.4, -0.2) is 5.78 Å². The molecule has 0 spiro atoms. The molecule has 3 aromatic rings. The van der Waals surface area contributed by atoms with E-state index in [4.69, 9.17) is 22.1 Å². The van der Waals surface area contributed by atoms with Gasteiger partial charge in [0.05, 0.1) is 28.3 Å². The summed E-state index contributed by atoms with van der Waals surface area (Å²) in [4.78, 5) is 15.9. The third-order valence-corrected chi connectivity index (χ3v) is 8.69. The predicted octanol–water partition coefficient (Wildman–Crippen LogP) is 8.24. The van der Waals surface area contributed by atoms with Gasteiger partial charge in [-0.15, -0.1) is 0 Å². The third-order valence-electron chi connectivity index (χ3n) is 7.70. The van der Waals surface area contributed by atoms with Gasteiger partial charge >= 0.3 is 0 Å². The van der Waals surface area contributed by atoms with Crippen molar-refractivity contribution in [1.29, 1.82) is 5.26 Å². The number of halogens is 2. The van der Waals surface area contributed by atoms with Crippen LogP contribution < -0.4 is 15.4 Å². The topological polar surface area (TPSA) is 79.3 Å². The zero-order valence-electron chi connectivity index (χ0n) is 23.0. The van der Waals surface area contributed by atoms with Crippen LogP contribution in [-0.2, 0) is 11.4 Å². The first-order valence-electron chi connectivity index (χ1n) is 13.2. The maximum absolute atomic E-state index is 14.0. The van der Waals surface area contributed by atoms with E-state index in [0.717, 1.165) is 38.1 Å². The number of rotatable bonds is 5. The standard InChI is InChI=1S/C33H31BrClN3O2/c1-19-13-21(18-40-29-12-8-6-10-25(29)35)20(2)22(14-19)30-23(17-36)32(37)38(26-11-7-5-9-24(26)34)27-15-33(3,4)16-28(39)31(27)30/h5-14,30H,15-16,18,37H2,1-4H3. The molecule has 7 heteroatoms. The van der Waals surface area contributed by atoms with E-state index in [1.807, 2.05) is 61.2 Å². The average Bonchev–Trinajstić information content (AvgIpc) is 2.89. The number of ketones is 1. The number of ether oxygens (including phenoxy) is 1. The number of aryl methyl sites for hydroxylation is 1. The van der Waals surface area contributed by atoms with Crippen molar-refractivity contribution in [3.05, 3.63) is 115 Å². The van der Waals surface area contributed by atoms with Crippen LogP contribution in [0.5, 0.6) is 5.75 Å². The van der Waals surface area contributed by atoms with Gasteiger partial charge in [0.15, 0.2) is 5.78 Å². The van der Waals surface area contributed by atoms with E-state index < -0.39 is 5.92 Å². The molecule has 1 heterocycles. The second kappa shape index (κ2) is 10.8. The van der Waals surface area contributed by atoms with E-state index in [-0.39, 0.29) is 11.2 Å². The summed E-state index contributed by atoms with van der Waals surface area (Å²) in [5, 5.41) is 11.1. The molecule has 3 aromatic carbocycles. The minimum absolute atomic E-state index is 0.0447. The first-order chi connectivity index (χ1) is 19.0. The fourth-order valence-corrected chi connectivity index (χ4v) is 6.51. The van der Waals surface area contributed by atoms with Crippen LogP contribution in [0, 0.1) is 30.6 Å². The normalized spacial score (nSPS) is 18.5. The number of nitriles is 1. The maximum atomic E-state index is 14.0. The molecule has 0 radical (unpaired) electrons. The van der Waals surface area contributed by atoms with Gasteiger partial charge in [0, 0.05) is 22.2 Å². The van der Waals surface area contributed by atoms with E-state index in [2.05, 4.69) is 48.0 Å². The molecule has 204 valence electrons. The largest absolute Gasteiger partial charge is 0.487 e. The third kappa shape index (κ3) is 5.05. The lowest BCUT2D eigenvalue weighted by Crippen LogP contribution is -2.42. The monoisotopic (exact) mass is 615 g/mol. The summed E-state index contributed by atoms with van der Waals surface area (Å²) < 4.78 is 6.93. The van der Waals surface area contributed by atoms with E-state index in [9.17, 15) is 10.1 Å². The Morgan fingerprint density at radius 1 is 1.12 bits per heavy atom. The minimum atomic E-state index is -0.568. The van der Waals surface area contributed by atoms with Crippen LogP contribution in [0.15, 0.2) is 87.8 Å². The first kappa shape index (κ1) is 28.0. The van der Waals surface area contributed by atoms with Crippen LogP contribution in [0.1, 0.15) is 54.9 Å². The summed E-state index contributed by atoms with van der Waals surface area (Å²) in [6, 6.07) is 21.6. The highest BCUT2D eigenvalue weighted by Crippen LogP contribution is 2.51. The van der Waals surface area contributed by atoms with Crippen LogP contribution in [0.25, 0.3) is 0 Å². The van der Waals surface area contributed by atoms with Gasteiger partial charge in [-0.3, -0.25) is 9.69 Å². The van der Waals surface area contributed by atoms with E-state index in [1.54, 1.807) is 6.07 Å². The average molecular weight is 617 g/mol. The Bertz CT molecular complexity index is 1630. The van der Waals surface area contributed by atoms with Gasteiger partial charge in [0.1, 0.15) is 18.2 Å². The van der Waals surface area contributed by atoms with Gasteiger partial charge in [-0.2, -0.15) is 5.26 Å². The van der Waals surface area contributed by atoms with Crippen LogP contribution >= 0.6 is 27.5 Å². The molecular weight excluding hydrogens is 586 g/mol. The number of nitrogens with zero attached hydrogens (tertiary/aromatic N) is 2. The zero-order chi connectivity index (χ0) is 28.8. The van der Waals surface area contributed by atoms with Crippen LogP contribution in [0.2, 0.25) is 5.02 Å². The second-order valence-corrected chi connectivity index (χ2v) is 12.6. The molecule has 0 saturated heterocycles. The number of para-hydroxylation sites is 2. The van der Waals surface area contributed by atoms with Crippen LogP contribution in [0.3, 0.4) is 0 Å². The Hall–Kier alpha value is -3.53. The summed E-state index contributed by atoms with van der Waals surface area (Å²) in [6.07, 6.45) is 1.05. The smallest absolute Gasteiger partial charge is 0.162 e. The molecule has 0 aromatic heterocycles. The minimum Gasteiger partial charge on any atom is -0.487 e. The highest BCUT2D eigenvalue weighted by Gasteiger charge is 2.45. The Morgan fingerprint density at radius 2 is 1.82 bits per heavy atom. The van der Waals surface area contributed by atoms with Crippen molar-refractivity contribution in [2.45, 2.75) is 53.1 Å². The van der Waals surface area contributed by atoms with Crippen molar-refractivity contribution < 1.29 is 9.53 Å². The summed E-state index contributed by atoms with van der Waals surface area (Å²) in [6.45, 7) is 8.53. The molecule has 1 unspecified atom stereocenters. The number of anilines is 1. The van der Waals surface area contributed by atoms with Gasteiger partial charge in [0.25, 0.3) is 0 Å². The highest BCUT2D eigenvalue weighted by atomic mass is 79.9. The molecule has 5 nitrogen and oxygen atoms in total. The Labute approximate surface area is 249 Å². The van der Waals surface area contributed by atoms with Crippen molar-refractivity contribution >= 4 is 39.0 Å². The maximum Gasteiger partial charge on any atom is 0.162 e. The summed E-state index contributed by atoms with van der Waals surface area (Å²) in [5.74, 6) is 0.424. The van der Waals surface area contributed by atoms with Gasteiger partial charge in [-0.05, 0) is 82.6 Å². The number of benzene rings is 3. The molecule has 2 N–H and O–H groups in total. The quantitative estimate of drug-likeness (QED) is 0.312.